The maximum absolute atomic E-state index is 11.9. The van der Waals surface area contributed by atoms with Crippen molar-refractivity contribution in [1.82, 2.24) is 10.0 Å². The van der Waals surface area contributed by atoms with E-state index in [2.05, 4.69) is 10.0 Å². The molecular formula is C21H37N2O6PS. The molecule has 178 valence electrons. The molecule has 0 radical (unpaired) electrons. The van der Waals surface area contributed by atoms with Crippen molar-refractivity contribution < 1.29 is 27.5 Å². The molecule has 8 nitrogen and oxygen atoms in total. The van der Waals surface area contributed by atoms with Gasteiger partial charge >= 0.3 is 7.60 Å². The summed E-state index contributed by atoms with van der Waals surface area (Å²) >= 11 is 0. The highest BCUT2D eigenvalue weighted by molar-refractivity contribution is 7.89. The third-order valence-electron chi connectivity index (χ3n) is 5.53. The zero-order chi connectivity index (χ0) is 22.6. The number of unbranched alkanes of at least 4 members (excludes halogenated alkanes) is 2. The molecule has 4 N–H and O–H groups in total. The van der Waals surface area contributed by atoms with E-state index in [1.165, 1.54) is 25.7 Å². The van der Waals surface area contributed by atoms with Gasteiger partial charge in [-0.15, -0.1) is 0 Å². The minimum Gasteiger partial charge on any atom is -0.493 e. The van der Waals surface area contributed by atoms with Gasteiger partial charge in [0.2, 0.25) is 10.0 Å². The van der Waals surface area contributed by atoms with E-state index in [4.69, 9.17) is 14.5 Å². The summed E-state index contributed by atoms with van der Waals surface area (Å²) in [6.45, 7) is 2.72. The third kappa shape index (κ3) is 12.0. The van der Waals surface area contributed by atoms with Crippen molar-refractivity contribution in [3.63, 3.8) is 0 Å². The second-order valence-corrected chi connectivity index (χ2v) is 11.9. The molecule has 0 aliphatic carbocycles. The van der Waals surface area contributed by atoms with Crippen LogP contribution >= 0.6 is 7.60 Å². The Morgan fingerprint density at radius 3 is 2.58 bits per heavy atom. The lowest BCUT2D eigenvalue weighted by Gasteiger charge is -2.22. The Balaban J connectivity index is 1.64. The van der Waals surface area contributed by atoms with Crippen LogP contribution < -0.4 is 14.8 Å². The molecule has 1 saturated heterocycles. The predicted octanol–water partition coefficient (Wildman–Crippen LogP) is 2.66. The molecule has 0 atom stereocenters. The molecule has 2 rings (SSSR count). The first-order valence-electron chi connectivity index (χ1n) is 11.2. The summed E-state index contributed by atoms with van der Waals surface area (Å²) in [5.74, 6) is 1.65. The fourth-order valence-corrected chi connectivity index (χ4v) is 5.46. The van der Waals surface area contributed by atoms with Gasteiger partial charge in [-0.2, -0.15) is 0 Å². The molecule has 1 aromatic rings. The van der Waals surface area contributed by atoms with Gasteiger partial charge in [-0.3, -0.25) is 4.57 Å². The first-order chi connectivity index (χ1) is 14.8. The van der Waals surface area contributed by atoms with Crippen LogP contribution in [0.5, 0.6) is 5.75 Å². The maximum atomic E-state index is 11.9. The van der Waals surface area contributed by atoms with Crippen LogP contribution in [-0.2, 0) is 21.0 Å². The van der Waals surface area contributed by atoms with Crippen LogP contribution in [-0.4, -0.2) is 56.4 Å². The standard InChI is InChI=1S/C21H37N2O6PS/c24-30(25,26)17-15-23-31(27,28)18-6-4-9-20-8-1-2-10-21(20)29-16-5-3-7-19-11-13-22-14-12-19/h1-2,8,10,19,22-23H,3-7,9,11-18H2,(H2,24,25,26). The minimum absolute atomic E-state index is 0.0616. The summed E-state index contributed by atoms with van der Waals surface area (Å²) in [5.41, 5.74) is 1.08. The van der Waals surface area contributed by atoms with E-state index in [-0.39, 0.29) is 12.3 Å². The van der Waals surface area contributed by atoms with Gasteiger partial charge in [0.25, 0.3) is 0 Å². The number of nitrogens with one attached hydrogen (secondary N) is 2. The highest BCUT2D eigenvalue weighted by atomic mass is 32.2. The third-order valence-corrected chi connectivity index (χ3v) is 7.81. The molecular weight excluding hydrogens is 439 g/mol. The molecule has 10 heteroatoms. The topological polar surface area (TPSA) is 125 Å². The van der Waals surface area contributed by atoms with E-state index in [0.717, 1.165) is 43.2 Å². The zero-order valence-electron chi connectivity index (χ0n) is 18.2. The van der Waals surface area contributed by atoms with E-state index in [0.29, 0.717) is 19.4 Å². The van der Waals surface area contributed by atoms with Gasteiger partial charge in [-0.1, -0.05) is 24.6 Å². The molecule has 1 aliphatic rings. The normalized spacial score (nSPS) is 15.8. The van der Waals surface area contributed by atoms with Gasteiger partial charge < -0.3 is 19.8 Å². The Hall–Kier alpha value is -0.960. The molecule has 1 aromatic carbocycles. The average molecular weight is 477 g/mol. The molecule has 0 unspecified atom stereocenters. The fraction of sp³-hybridized carbons (Fsp3) is 0.714. The molecule has 1 fully saturated rings. The van der Waals surface area contributed by atoms with Gasteiger partial charge in [-0.05, 0) is 75.6 Å². The van der Waals surface area contributed by atoms with Gasteiger partial charge in [-0.25, -0.2) is 13.1 Å². The summed E-state index contributed by atoms with van der Waals surface area (Å²) in [4.78, 5) is 17.6. The smallest absolute Gasteiger partial charge is 0.326 e. The van der Waals surface area contributed by atoms with Crippen LogP contribution in [0.25, 0.3) is 0 Å². The summed E-state index contributed by atoms with van der Waals surface area (Å²) in [6, 6.07) is 7.88. The quantitative estimate of drug-likeness (QED) is 0.227. The van der Waals surface area contributed by atoms with Crippen LogP contribution in [0.1, 0.15) is 50.5 Å². The minimum atomic E-state index is -4.19. The van der Waals surface area contributed by atoms with Crippen molar-refractivity contribution in [2.24, 2.45) is 5.92 Å². The second-order valence-electron chi connectivity index (χ2n) is 8.20. The Labute approximate surface area is 186 Å². The number of para-hydroxylation sites is 1. The Morgan fingerprint density at radius 2 is 1.84 bits per heavy atom. The van der Waals surface area contributed by atoms with Crippen molar-refractivity contribution in [3.8, 4) is 5.75 Å². The number of rotatable bonds is 15. The fourth-order valence-electron chi connectivity index (χ4n) is 3.77. The molecule has 0 amide bonds. The highest BCUT2D eigenvalue weighted by Gasteiger charge is 2.16. The lowest BCUT2D eigenvalue weighted by atomic mass is 9.93. The van der Waals surface area contributed by atoms with Crippen LogP contribution in [0.2, 0.25) is 0 Å². The Kier molecular flexibility index (Phi) is 11.5. The molecule has 1 aliphatic heterocycles. The number of hydrogen-bond acceptors (Lipinski definition) is 5. The predicted molar refractivity (Wildman–Crippen MR) is 123 cm³/mol. The van der Waals surface area contributed by atoms with Gasteiger partial charge in [0.05, 0.1) is 18.5 Å². The zero-order valence-corrected chi connectivity index (χ0v) is 19.9. The molecule has 0 spiro atoms. The Bertz CT molecular complexity index is 793. The van der Waals surface area contributed by atoms with E-state index < -0.39 is 23.8 Å². The second kappa shape index (κ2) is 13.6. The number of benzene rings is 1. The van der Waals surface area contributed by atoms with Gasteiger partial charge in [0.1, 0.15) is 5.75 Å². The molecule has 0 bridgehead atoms. The van der Waals surface area contributed by atoms with E-state index in [1.807, 2.05) is 24.3 Å². The monoisotopic (exact) mass is 476 g/mol. The summed E-state index contributed by atoms with van der Waals surface area (Å²) in [6.07, 6.45) is 7.43. The maximum Gasteiger partial charge on any atom is 0.326 e. The van der Waals surface area contributed by atoms with Crippen LogP contribution in [0.3, 0.4) is 0 Å². The lowest BCUT2D eigenvalue weighted by Crippen LogP contribution is -2.29. The highest BCUT2D eigenvalue weighted by Crippen LogP contribution is 2.32. The summed E-state index contributed by atoms with van der Waals surface area (Å²) in [5, 5.41) is 3.40. The summed E-state index contributed by atoms with van der Waals surface area (Å²) in [7, 11) is -7.72. The number of ether oxygens (including phenoxy) is 1. The average Bonchev–Trinajstić information content (AvgIpc) is 2.71. The lowest BCUT2D eigenvalue weighted by molar-refractivity contribution is 0.285. The molecule has 31 heavy (non-hydrogen) atoms. The van der Waals surface area contributed by atoms with Crippen LogP contribution in [0, 0.1) is 5.92 Å². The van der Waals surface area contributed by atoms with Crippen LogP contribution in [0.4, 0.5) is 0 Å². The number of piperidine rings is 1. The number of aryl methyl sites for hydroxylation is 1. The van der Waals surface area contributed by atoms with Crippen LogP contribution in [0.15, 0.2) is 24.3 Å². The summed E-state index contributed by atoms with van der Waals surface area (Å²) < 4.78 is 42.9. The van der Waals surface area contributed by atoms with Crippen molar-refractivity contribution in [3.05, 3.63) is 29.8 Å². The number of hydrogen-bond donors (Lipinski definition) is 4. The Morgan fingerprint density at radius 1 is 1.10 bits per heavy atom. The van der Waals surface area contributed by atoms with Crippen molar-refractivity contribution in [2.75, 3.05) is 38.2 Å². The first-order valence-corrected chi connectivity index (χ1v) is 14.6. The molecule has 1 heterocycles. The van der Waals surface area contributed by atoms with E-state index >= 15 is 0 Å². The van der Waals surface area contributed by atoms with Crippen molar-refractivity contribution in [2.45, 2.75) is 51.4 Å². The van der Waals surface area contributed by atoms with Gasteiger partial charge in [0, 0.05) is 6.54 Å². The molecule has 0 saturated carbocycles. The number of sulfonamides is 1. The van der Waals surface area contributed by atoms with Gasteiger partial charge in [0.15, 0.2) is 0 Å². The first kappa shape index (κ1) is 26.3. The largest absolute Gasteiger partial charge is 0.493 e. The van der Waals surface area contributed by atoms with Crippen molar-refractivity contribution in [1.29, 1.82) is 0 Å². The SMILES string of the molecule is O=P(O)(O)CCNS(=O)(=O)CCCCc1ccccc1OCCCCC1CCNCC1. The molecule has 0 aromatic heterocycles. The van der Waals surface area contributed by atoms with E-state index in [1.54, 1.807) is 0 Å². The van der Waals surface area contributed by atoms with E-state index in [9.17, 15) is 13.0 Å². The van der Waals surface area contributed by atoms with Crippen molar-refractivity contribution >= 4 is 17.6 Å².